The van der Waals surface area contributed by atoms with Crippen LogP contribution in [-0.2, 0) is 28.9 Å². The second kappa shape index (κ2) is 9.40. The van der Waals surface area contributed by atoms with E-state index in [0.29, 0.717) is 36.5 Å². The summed E-state index contributed by atoms with van der Waals surface area (Å²) in [6, 6.07) is 9.82. The first-order valence-corrected chi connectivity index (χ1v) is 11.0. The van der Waals surface area contributed by atoms with E-state index in [1.54, 1.807) is 12.0 Å². The highest BCUT2D eigenvalue weighted by atomic mass is 32.1. The van der Waals surface area contributed by atoms with Crippen molar-refractivity contribution in [2.75, 3.05) is 19.0 Å². The molecule has 1 aromatic heterocycles. The minimum absolute atomic E-state index is 0.162. The Hall–Kier alpha value is -3.05. The molecule has 1 N–H and O–H groups in total. The van der Waals surface area contributed by atoms with Crippen LogP contribution in [0.3, 0.4) is 0 Å². The summed E-state index contributed by atoms with van der Waals surface area (Å²) in [7, 11) is 1.61. The summed E-state index contributed by atoms with van der Waals surface area (Å²) in [6.45, 7) is 6.35. The van der Waals surface area contributed by atoms with Crippen molar-refractivity contribution < 1.29 is 19.1 Å². The third-order valence-corrected chi connectivity index (χ3v) is 6.02. The number of rotatable bonds is 5. The van der Waals surface area contributed by atoms with E-state index >= 15 is 0 Å². The monoisotopic (exact) mass is 441 g/mol. The molecular formula is C23H27N3O4S. The van der Waals surface area contributed by atoms with E-state index in [1.807, 2.05) is 45.0 Å². The molecule has 0 fully saturated rings. The van der Waals surface area contributed by atoms with Crippen LogP contribution < -0.4 is 10.1 Å². The lowest BCUT2D eigenvalue weighted by molar-refractivity contribution is -0.116. The number of nitriles is 1. The van der Waals surface area contributed by atoms with Gasteiger partial charge in [0.25, 0.3) is 0 Å². The van der Waals surface area contributed by atoms with Crippen LogP contribution in [0.5, 0.6) is 5.75 Å². The summed E-state index contributed by atoms with van der Waals surface area (Å²) in [5.74, 6) is 0.590. The Morgan fingerprint density at radius 2 is 2.03 bits per heavy atom. The van der Waals surface area contributed by atoms with Crippen molar-refractivity contribution in [1.82, 2.24) is 4.90 Å². The lowest BCUT2D eigenvalue weighted by Gasteiger charge is -2.29. The number of fused-ring (bicyclic) bond motifs is 1. The molecule has 3 rings (SSSR count). The summed E-state index contributed by atoms with van der Waals surface area (Å²) in [4.78, 5) is 27.5. The molecule has 1 aliphatic rings. The SMILES string of the molecule is COc1ccccc1CCC(=O)Nc1sc2c(c1C#N)CCN(C(=O)OC(C)(C)C)C2. The number of hydrogen-bond acceptors (Lipinski definition) is 6. The average Bonchev–Trinajstić information content (AvgIpc) is 3.07. The summed E-state index contributed by atoms with van der Waals surface area (Å²) in [6.07, 6.45) is 1.01. The number of ether oxygens (including phenoxy) is 2. The number of para-hydroxylation sites is 1. The number of nitrogens with zero attached hydrogens (tertiary/aromatic N) is 2. The first-order chi connectivity index (χ1) is 14.7. The highest BCUT2D eigenvalue weighted by Gasteiger charge is 2.30. The molecular weight excluding hydrogens is 414 g/mol. The molecule has 8 heteroatoms. The van der Waals surface area contributed by atoms with Gasteiger partial charge in [0.2, 0.25) is 5.91 Å². The molecule has 1 aliphatic heterocycles. The Balaban J connectivity index is 1.67. The average molecular weight is 442 g/mol. The fourth-order valence-corrected chi connectivity index (χ4v) is 4.67. The number of nitrogens with one attached hydrogen (secondary N) is 1. The largest absolute Gasteiger partial charge is 0.496 e. The zero-order chi connectivity index (χ0) is 22.6. The van der Waals surface area contributed by atoms with E-state index in [1.165, 1.54) is 11.3 Å². The minimum Gasteiger partial charge on any atom is -0.496 e. The van der Waals surface area contributed by atoms with Gasteiger partial charge in [0.15, 0.2) is 0 Å². The van der Waals surface area contributed by atoms with Crippen molar-refractivity contribution in [2.24, 2.45) is 0 Å². The van der Waals surface area contributed by atoms with Gasteiger partial charge in [-0.3, -0.25) is 4.79 Å². The molecule has 0 unspecified atom stereocenters. The number of anilines is 1. The summed E-state index contributed by atoms with van der Waals surface area (Å²) in [5, 5.41) is 13.1. The third-order valence-electron chi connectivity index (χ3n) is 4.89. The maximum atomic E-state index is 12.6. The first kappa shape index (κ1) is 22.6. The van der Waals surface area contributed by atoms with Crippen LogP contribution in [0.4, 0.5) is 9.80 Å². The standard InChI is InChI=1S/C23H27N3O4S/c1-23(2,3)30-22(28)26-12-11-16-17(13-24)21(31-19(16)14-26)25-20(27)10-9-15-7-5-6-8-18(15)29-4/h5-8H,9-12,14H2,1-4H3,(H,25,27). The fourth-order valence-electron chi connectivity index (χ4n) is 3.44. The van der Waals surface area contributed by atoms with Gasteiger partial charge in [0, 0.05) is 17.8 Å². The molecule has 164 valence electrons. The highest BCUT2D eigenvalue weighted by Crippen LogP contribution is 2.37. The lowest BCUT2D eigenvalue weighted by Crippen LogP contribution is -2.39. The maximum absolute atomic E-state index is 12.6. The Kier molecular flexibility index (Phi) is 6.86. The van der Waals surface area contributed by atoms with E-state index in [0.717, 1.165) is 21.8 Å². The molecule has 2 amide bonds. The van der Waals surface area contributed by atoms with Gasteiger partial charge in [0.05, 0.1) is 19.2 Å². The molecule has 1 aromatic carbocycles. The van der Waals surface area contributed by atoms with Gasteiger partial charge in [-0.25, -0.2) is 4.79 Å². The van der Waals surface area contributed by atoms with Crippen LogP contribution in [0.1, 0.15) is 48.8 Å². The molecule has 0 atom stereocenters. The van der Waals surface area contributed by atoms with E-state index in [9.17, 15) is 14.9 Å². The molecule has 0 spiro atoms. The number of aryl methyl sites for hydroxylation is 1. The quantitative estimate of drug-likeness (QED) is 0.738. The van der Waals surface area contributed by atoms with E-state index < -0.39 is 5.60 Å². The van der Waals surface area contributed by atoms with Gasteiger partial charge in [-0.2, -0.15) is 5.26 Å². The minimum atomic E-state index is -0.564. The van der Waals surface area contributed by atoms with Crippen LogP contribution in [0.15, 0.2) is 24.3 Å². The number of benzene rings is 1. The van der Waals surface area contributed by atoms with E-state index in [4.69, 9.17) is 9.47 Å². The maximum Gasteiger partial charge on any atom is 0.410 e. The number of amides is 2. The molecule has 2 aromatic rings. The van der Waals surface area contributed by atoms with E-state index in [-0.39, 0.29) is 18.4 Å². The van der Waals surface area contributed by atoms with Gasteiger partial charge in [-0.15, -0.1) is 11.3 Å². The van der Waals surface area contributed by atoms with Gasteiger partial charge in [-0.05, 0) is 50.8 Å². The van der Waals surface area contributed by atoms with Gasteiger partial charge in [-0.1, -0.05) is 18.2 Å². The summed E-state index contributed by atoms with van der Waals surface area (Å²) < 4.78 is 10.8. The molecule has 7 nitrogen and oxygen atoms in total. The summed E-state index contributed by atoms with van der Waals surface area (Å²) in [5.41, 5.74) is 1.80. The molecule has 0 aliphatic carbocycles. The predicted octanol–water partition coefficient (Wildman–Crippen LogP) is 4.49. The topological polar surface area (TPSA) is 91.7 Å². The number of thiophene rings is 1. The number of carbonyl (C=O) groups excluding carboxylic acids is 2. The van der Waals surface area contributed by atoms with Crippen LogP contribution in [-0.4, -0.2) is 36.2 Å². The third kappa shape index (κ3) is 5.56. The number of carbonyl (C=O) groups is 2. The smallest absolute Gasteiger partial charge is 0.410 e. The fraction of sp³-hybridized carbons (Fsp3) is 0.435. The van der Waals surface area contributed by atoms with Crippen molar-refractivity contribution in [1.29, 1.82) is 5.26 Å². The molecule has 0 saturated heterocycles. The zero-order valence-electron chi connectivity index (χ0n) is 18.3. The Labute approximate surface area is 186 Å². The summed E-state index contributed by atoms with van der Waals surface area (Å²) >= 11 is 1.35. The van der Waals surface area contributed by atoms with Crippen molar-refractivity contribution in [3.8, 4) is 11.8 Å². The Morgan fingerprint density at radius 1 is 1.29 bits per heavy atom. The molecule has 2 heterocycles. The first-order valence-electron chi connectivity index (χ1n) is 10.2. The zero-order valence-corrected chi connectivity index (χ0v) is 19.1. The van der Waals surface area contributed by atoms with Gasteiger partial charge in [0.1, 0.15) is 22.4 Å². The van der Waals surface area contributed by atoms with E-state index in [2.05, 4.69) is 11.4 Å². The molecule has 0 radical (unpaired) electrons. The van der Waals surface area contributed by atoms with Crippen molar-refractivity contribution >= 4 is 28.3 Å². The van der Waals surface area contributed by atoms with Crippen molar-refractivity contribution in [3.63, 3.8) is 0 Å². The van der Waals surface area contributed by atoms with Crippen LogP contribution in [0.25, 0.3) is 0 Å². The predicted molar refractivity (Wildman–Crippen MR) is 119 cm³/mol. The van der Waals surface area contributed by atoms with Crippen LogP contribution in [0.2, 0.25) is 0 Å². The highest BCUT2D eigenvalue weighted by molar-refractivity contribution is 7.16. The second-order valence-corrected chi connectivity index (χ2v) is 9.44. The van der Waals surface area contributed by atoms with Crippen LogP contribution >= 0.6 is 11.3 Å². The normalized spacial score (nSPS) is 13.2. The molecule has 0 bridgehead atoms. The van der Waals surface area contributed by atoms with Gasteiger partial charge >= 0.3 is 6.09 Å². The number of hydrogen-bond donors (Lipinski definition) is 1. The second-order valence-electron chi connectivity index (χ2n) is 8.33. The van der Waals surface area contributed by atoms with Crippen molar-refractivity contribution in [3.05, 3.63) is 45.8 Å². The van der Waals surface area contributed by atoms with Crippen LogP contribution in [0, 0.1) is 11.3 Å². The molecule has 31 heavy (non-hydrogen) atoms. The Bertz CT molecular complexity index is 1020. The Morgan fingerprint density at radius 3 is 2.71 bits per heavy atom. The van der Waals surface area contributed by atoms with Crippen molar-refractivity contribution in [2.45, 2.75) is 52.2 Å². The molecule has 0 saturated carbocycles. The lowest BCUT2D eigenvalue weighted by atomic mass is 10.0. The number of methoxy groups -OCH3 is 1. The van der Waals surface area contributed by atoms with Gasteiger partial charge < -0.3 is 19.7 Å².